The predicted molar refractivity (Wildman–Crippen MR) is 80.5 cm³/mol. The first-order valence-corrected chi connectivity index (χ1v) is 6.83. The van der Waals surface area contributed by atoms with Gasteiger partial charge in [0.15, 0.2) is 0 Å². The van der Waals surface area contributed by atoms with Crippen LogP contribution in [0.3, 0.4) is 0 Å². The van der Waals surface area contributed by atoms with E-state index in [4.69, 9.17) is 5.11 Å². The second kappa shape index (κ2) is 8.21. The Morgan fingerprint density at radius 2 is 2.10 bits per heavy atom. The first-order valence-electron chi connectivity index (χ1n) is 6.83. The predicted octanol–water partition coefficient (Wildman–Crippen LogP) is 1.87. The van der Waals surface area contributed by atoms with E-state index in [1.54, 1.807) is 20.2 Å². The Balaban J connectivity index is 2.86. The number of carbonyl (C=O) groups excluding carboxylic acids is 1. The maximum absolute atomic E-state index is 12.3. The van der Waals surface area contributed by atoms with Crippen molar-refractivity contribution in [2.24, 2.45) is 0 Å². The fraction of sp³-hybridized carbons (Fsp3) is 0.500. The van der Waals surface area contributed by atoms with Crippen LogP contribution in [0, 0.1) is 10.1 Å². The molecule has 0 fully saturated rings. The number of nitrogens with one attached hydrogen (secondary N) is 1. The van der Waals surface area contributed by atoms with Gasteiger partial charge in [-0.25, -0.2) is 0 Å². The SMILES string of the molecule is CNc1ccc([N+](=O)[O-])c(C(=O)N(C)CCCCCO)c1. The molecule has 116 valence electrons. The number of aliphatic hydroxyl groups excluding tert-OH is 1. The third kappa shape index (κ3) is 4.71. The van der Waals surface area contributed by atoms with Crippen LogP contribution in [0.1, 0.15) is 29.6 Å². The van der Waals surface area contributed by atoms with Crippen molar-refractivity contribution in [3.05, 3.63) is 33.9 Å². The monoisotopic (exact) mass is 295 g/mol. The normalized spacial score (nSPS) is 10.2. The zero-order valence-electron chi connectivity index (χ0n) is 12.3. The molecule has 0 atom stereocenters. The van der Waals surface area contributed by atoms with Crippen molar-refractivity contribution < 1.29 is 14.8 Å². The van der Waals surface area contributed by atoms with Crippen LogP contribution in [0.2, 0.25) is 0 Å². The minimum absolute atomic E-state index is 0.0801. The van der Waals surface area contributed by atoms with Gasteiger partial charge in [-0.15, -0.1) is 0 Å². The first-order chi connectivity index (χ1) is 10.0. The number of amides is 1. The molecule has 1 rings (SSSR count). The molecular weight excluding hydrogens is 274 g/mol. The highest BCUT2D eigenvalue weighted by Gasteiger charge is 2.23. The molecule has 0 aromatic heterocycles. The summed E-state index contributed by atoms with van der Waals surface area (Å²) in [7, 11) is 3.31. The van der Waals surface area contributed by atoms with Crippen LogP contribution in [-0.2, 0) is 0 Å². The minimum Gasteiger partial charge on any atom is -0.396 e. The summed E-state index contributed by atoms with van der Waals surface area (Å²) in [4.78, 5) is 24.3. The lowest BCUT2D eigenvalue weighted by molar-refractivity contribution is -0.385. The largest absolute Gasteiger partial charge is 0.396 e. The molecule has 21 heavy (non-hydrogen) atoms. The van der Waals surface area contributed by atoms with Gasteiger partial charge in [-0.3, -0.25) is 14.9 Å². The summed E-state index contributed by atoms with van der Waals surface area (Å²) < 4.78 is 0. The van der Waals surface area contributed by atoms with E-state index in [9.17, 15) is 14.9 Å². The van der Waals surface area contributed by atoms with Gasteiger partial charge in [0, 0.05) is 39.0 Å². The van der Waals surface area contributed by atoms with Crippen molar-refractivity contribution in [1.82, 2.24) is 4.90 Å². The third-order valence-electron chi connectivity index (χ3n) is 3.21. The lowest BCUT2D eigenvalue weighted by atomic mass is 10.1. The van der Waals surface area contributed by atoms with Gasteiger partial charge in [0.2, 0.25) is 0 Å². The number of hydrogen-bond donors (Lipinski definition) is 2. The molecule has 1 aromatic rings. The summed E-state index contributed by atoms with van der Waals surface area (Å²) in [5, 5.41) is 22.6. The molecule has 0 aliphatic carbocycles. The van der Waals surface area contributed by atoms with Crippen LogP contribution < -0.4 is 5.32 Å². The molecular formula is C14H21N3O4. The number of hydrogen-bond acceptors (Lipinski definition) is 5. The number of anilines is 1. The van der Waals surface area contributed by atoms with Crippen molar-refractivity contribution >= 4 is 17.3 Å². The van der Waals surface area contributed by atoms with E-state index in [0.717, 1.165) is 12.8 Å². The van der Waals surface area contributed by atoms with E-state index in [1.165, 1.54) is 17.0 Å². The molecule has 1 amide bonds. The third-order valence-corrected chi connectivity index (χ3v) is 3.21. The highest BCUT2D eigenvalue weighted by Crippen LogP contribution is 2.23. The van der Waals surface area contributed by atoms with Gasteiger partial charge in [-0.1, -0.05) is 0 Å². The van der Waals surface area contributed by atoms with Crippen molar-refractivity contribution in [2.45, 2.75) is 19.3 Å². The highest BCUT2D eigenvalue weighted by atomic mass is 16.6. The molecule has 0 saturated heterocycles. The molecule has 1 aromatic carbocycles. The molecule has 2 N–H and O–H groups in total. The van der Waals surface area contributed by atoms with Gasteiger partial charge >= 0.3 is 0 Å². The van der Waals surface area contributed by atoms with E-state index in [0.29, 0.717) is 18.7 Å². The molecule has 0 unspecified atom stereocenters. The van der Waals surface area contributed by atoms with Crippen molar-refractivity contribution in [2.75, 3.05) is 32.6 Å². The van der Waals surface area contributed by atoms with Crippen molar-refractivity contribution in [3.63, 3.8) is 0 Å². The van der Waals surface area contributed by atoms with Crippen LogP contribution in [0.4, 0.5) is 11.4 Å². The van der Waals surface area contributed by atoms with Crippen LogP contribution in [-0.4, -0.2) is 48.1 Å². The fourth-order valence-corrected chi connectivity index (χ4v) is 1.97. The van der Waals surface area contributed by atoms with Gasteiger partial charge in [0.1, 0.15) is 5.56 Å². The molecule has 0 saturated carbocycles. The second-order valence-electron chi connectivity index (χ2n) is 4.75. The van der Waals surface area contributed by atoms with Gasteiger partial charge in [-0.05, 0) is 31.4 Å². The Bertz CT molecular complexity index is 505. The van der Waals surface area contributed by atoms with Gasteiger partial charge in [0.05, 0.1) is 4.92 Å². The number of nitro groups is 1. The molecule has 0 aliphatic heterocycles. The summed E-state index contributed by atoms with van der Waals surface area (Å²) >= 11 is 0. The van der Waals surface area contributed by atoms with Crippen LogP contribution in [0.25, 0.3) is 0 Å². The van der Waals surface area contributed by atoms with Crippen molar-refractivity contribution in [3.8, 4) is 0 Å². The molecule has 0 heterocycles. The van der Waals surface area contributed by atoms with Gasteiger partial charge in [0.25, 0.3) is 11.6 Å². The number of rotatable bonds is 8. The van der Waals surface area contributed by atoms with E-state index >= 15 is 0 Å². The number of nitro benzene ring substituents is 1. The maximum Gasteiger partial charge on any atom is 0.282 e. The summed E-state index contributed by atoms with van der Waals surface area (Å²) in [5.41, 5.74) is 0.537. The van der Waals surface area contributed by atoms with Gasteiger partial charge < -0.3 is 15.3 Å². The number of benzene rings is 1. The average molecular weight is 295 g/mol. The second-order valence-corrected chi connectivity index (χ2v) is 4.75. The molecule has 0 radical (unpaired) electrons. The summed E-state index contributed by atoms with van der Waals surface area (Å²) in [6, 6.07) is 4.39. The topological polar surface area (TPSA) is 95.7 Å². The van der Waals surface area contributed by atoms with Gasteiger partial charge in [-0.2, -0.15) is 0 Å². The summed E-state index contributed by atoms with van der Waals surface area (Å²) in [6.45, 7) is 0.632. The fourth-order valence-electron chi connectivity index (χ4n) is 1.97. The Morgan fingerprint density at radius 3 is 2.67 bits per heavy atom. The zero-order valence-corrected chi connectivity index (χ0v) is 12.3. The van der Waals surface area contributed by atoms with Crippen LogP contribution in [0.15, 0.2) is 18.2 Å². The standard InChI is InChI=1S/C14H21N3O4/c1-15-11-6-7-13(17(20)21)12(10-11)14(19)16(2)8-4-3-5-9-18/h6-7,10,15,18H,3-5,8-9H2,1-2H3. The number of carbonyl (C=O) groups is 1. The van der Waals surface area contributed by atoms with Crippen LogP contribution >= 0.6 is 0 Å². The summed E-state index contributed by atoms with van der Waals surface area (Å²) in [6.07, 6.45) is 2.26. The van der Waals surface area contributed by atoms with E-state index in [2.05, 4.69) is 5.32 Å². The van der Waals surface area contributed by atoms with E-state index < -0.39 is 4.92 Å². The number of unbranched alkanes of at least 4 members (excludes halogenated alkanes) is 2. The summed E-state index contributed by atoms with van der Waals surface area (Å²) in [5.74, 6) is -0.372. The molecule has 0 spiro atoms. The molecule has 0 bridgehead atoms. The highest BCUT2D eigenvalue weighted by molar-refractivity contribution is 5.99. The van der Waals surface area contributed by atoms with E-state index in [1.807, 2.05) is 0 Å². The van der Waals surface area contributed by atoms with Crippen LogP contribution in [0.5, 0.6) is 0 Å². The average Bonchev–Trinajstić information content (AvgIpc) is 2.49. The quantitative estimate of drug-likeness (QED) is 0.433. The lowest BCUT2D eigenvalue weighted by Crippen LogP contribution is -2.28. The Hall–Kier alpha value is -2.15. The molecule has 7 heteroatoms. The van der Waals surface area contributed by atoms with E-state index in [-0.39, 0.29) is 23.8 Å². The molecule has 7 nitrogen and oxygen atoms in total. The lowest BCUT2D eigenvalue weighted by Gasteiger charge is -2.17. The zero-order chi connectivity index (χ0) is 15.8. The first kappa shape index (κ1) is 16.9. The van der Waals surface area contributed by atoms with Crippen molar-refractivity contribution in [1.29, 1.82) is 0 Å². The Kier molecular flexibility index (Phi) is 6.61. The Labute approximate surface area is 123 Å². The minimum atomic E-state index is -0.549. The molecule has 0 aliphatic rings. The Morgan fingerprint density at radius 1 is 1.38 bits per heavy atom. The maximum atomic E-state index is 12.3. The smallest absolute Gasteiger partial charge is 0.282 e. The number of nitrogens with zero attached hydrogens (tertiary/aromatic N) is 2. The number of aliphatic hydroxyl groups is 1.